The first-order valence-corrected chi connectivity index (χ1v) is 7.24. The summed E-state index contributed by atoms with van der Waals surface area (Å²) in [7, 11) is 3.35. The summed E-state index contributed by atoms with van der Waals surface area (Å²) in [6.07, 6.45) is 1.95. The summed E-state index contributed by atoms with van der Waals surface area (Å²) in [6.45, 7) is 4.87. The van der Waals surface area contributed by atoms with E-state index in [1.165, 1.54) is 5.56 Å². The molecule has 0 aliphatic carbocycles. The normalized spacial score (nSPS) is 18.8. The van der Waals surface area contributed by atoms with Gasteiger partial charge < -0.3 is 14.6 Å². The van der Waals surface area contributed by atoms with Crippen LogP contribution in [-0.2, 0) is 6.54 Å². The maximum Gasteiger partial charge on any atom is 0.122 e. The maximum atomic E-state index is 9.64. The molecule has 2 rings (SSSR count). The van der Waals surface area contributed by atoms with E-state index in [4.69, 9.17) is 9.47 Å². The Labute approximate surface area is 121 Å². The van der Waals surface area contributed by atoms with Crippen molar-refractivity contribution in [1.29, 1.82) is 0 Å². The van der Waals surface area contributed by atoms with Crippen molar-refractivity contribution in [2.75, 3.05) is 27.3 Å². The van der Waals surface area contributed by atoms with Crippen LogP contribution >= 0.6 is 0 Å². The molecule has 0 bridgehead atoms. The number of aliphatic hydroxyl groups excluding tert-OH is 1. The largest absolute Gasteiger partial charge is 0.497 e. The fourth-order valence-electron chi connectivity index (χ4n) is 2.81. The lowest BCUT2D eigenvalue weighted by atomic mass is 9.92. The van der Waals surface area contributed by atoms with Gasteiger partial charge in [-0.15, -0.1) is 0 Å². The molecule has 20 heavy (non-hydrogen) atoms. The van der Waals surface area contributed by atoms with Crippen LogP contribution in [0.3, 0.4) is 0 Å². The van der Waals surface area contributed by atoms with Gasteiger partial charge in [0.1, 0.15) is 11.5 Å². The molecule has 0 aromatic heterocycles. The van der Waals surface area contributed by atoms with E-state index in [1.807, 2.05) is 13.0 Å². The van der Waals surface area contributed by atoms with Gasteiger partial charge in [0.25, 0.3) is 0 Å². The third-order valence-electron chi connectivity index (χ3n) is 4.13. The van der Waals surface area contributed by atoms with Gasteiger partial charge in [0.15, 0.2) is 0 Å². The molecular weight excluding hydrogens is 254 g/mol. The molecule has 0 spiro atoms. The second-order valence-electron chi connectivity index (χ2n) is 5.58. The van der Waals surface area contributed by atoms with Crippen molar-refractivity contribution >= 4 is 0 Å². The summed E-state index contributed by atoms with van der Waals surface area (Å²) >= 11 is 0. The Morgan fingerprint density at radius 3 is 2.15 bits per heavy atom. The van der Waals surface area contributed by atoms with Crippen LogP contribution in [0.25, 0.3) is 0 Å². The molecule has 1 N–H and O–H groups in total. The molecule has 0 radical (unpaired) electrons. The van der Waals surface area contributed by atoms with Crippen LogP contribution in [-0.4, -0.2) is 43.4 Å². The average molecular weight is 279 g/mol. The van der Waals surface area contributed by atoms with Crippen molar-refractivity contribution in [2.45, 2.75) is 32.4 Å². The number of benzene rings is 1. The fraction of sp³-hybridized carbons (Fsp3) is 0.625. The smallest absolute Gasteiger partial charge is 0.122 e. The minimum Gasteiger partial charge on any atom is -0.497 e. The van der Waals surface area contributed by atoms with Crippen molar-refractivity contribution in [3.05, 3.63) is 23.8 Å². The van der Waals surface area contributed by atoms with Crippen molar-refractivity contribution < 1.29 is 14.6 Å². The molecule has 4 heteroatoms. The third kappa shape index (κ3) is 3.87. The number of hydrogen-bond donors (Lipinski definition) is 1. The lowest BCUT2D eigenvalue weighted by Gasteiger charge is -2.33. The van der Waals surface area contributed by atoms with Crippen molar-refractivity contribution in [3.63, 3.8) is 0 Å². The molecule has 4 nitrogen and oxygen atoms in total. The maximum absolute atomic E-state index is 9.64. The Morgan fingerprint density at radius 1 is 1.15 bits per heavy atom. The highest BCUT2D eigenvalue weighted by molar-refractivity contribution is 5.38. The molecule has 1 heterocycles. The fourth-order valence-corrected chi connectivity index (χ4v) is 2.81. The molecule has 1 atom stereocenters. The molecule has 0 amide bonds. The highest BCUT2D eigenvalue weighted by atomic mass is 16.5. The predicted molar refractivity (Wildman–Crippen MR) is 79.2 cm³/mol. The Kier molecular flexibility index (Phi) is 5.26. The van der Waals surface area contributed by atoms with E-state index in [2.05, 4.69) is 17.0 Å². The van der Waals surface area contributed by atoms with Gasteiger partial charge in [-0.3, -0.25) is 4.90 Å². The van der Waals surface area contributed by atoms with Gasteiger partial charge in [-0.05, 0) is 56.5 Å². The van der Waals surface area contributed by atoms with E-state index >= 15 is 0 Å². The van der Waals surface area contributed by atoms with Gasteiger partial charge in [-0.25, -0.2) is 0 Å². The molecule has 1 aliphatic heterocycles. The Morgan fingerprint density at radius 2 is 1.70 bits per heavy atom. The first kappa shape index (κ1) is 15.1. The third-order valence-corrected chi connectivity index (χ3v) is 4.13. The van der Waals surface area contributed by atoms with E-state index in [1.54, 1.807) is 14.2 Å². The summed E-state index contributed by atoms with van der Waals surface area (Å²) in [5, 5.41) is 9.64. The van der Waals surface area contributed by atoms with Crippen molar-refractivity contribution in [3.8, 4) is 11.5 Å². The molecule has 1 saturated heterocycles. The SMILES string of the molecule is COc1cc(CN2CCC([C@@H](C)O)CC2)cc(OC)c1. The van der Waals surface area contributed by atoms with Gasteiger partial charge in [0, 0.05) is 12.6 Å². The quantitative estimate of drug-likeness (QED) is 0.898. The van der Waals surface area contributed by atoms with Crippen LogP contribution < -0.4 is 9.47 Å². The molecule has 1 fully saturated rings. The van der Waals surface area contributed by atoms with Gasteiger partial charge in [0.05, 0.1) is 20.3 Å². The van der Waals surface area contributed by atoms with Crippen LogP contribution in [0.2, 0.25) is 0 Å². The highest BCUT2D eigenvalue weighted by Gasteiger charge is 2.22. The first-order chi connectivity index (χ1) is 9.62. The monoisotopic (exact) mass is 279 g/mol. The van der Waals surface area contributed by atoms with E-state index in [-0.39, 0.29) is 6.10 Å². The molecular formula is C16H25NO3. The number of hydrogen-bond acceptors (Lipinski definition) is 4. The van der Waals surface area contributed by atoms with Crippen LogP contribution in [0.1, 0.15) is 25.3 Å². The summed E-state index contributed by atoms with van der Waals surface area (Å²) in [5.74, 6) is 2.11. The molecule has 0 saturated carbocycles. The standard InChI is InChI=1S/C16H25NO3/c1-12(18)14-4-6-17(7-5-14)11-13-8-15(19-2)10-16(9-13)20-3/h8-10,12,14,18H,4-7,11H2,1-3H3/t12-/m1/s1. The Balaban J connectivity index is 1.97. The second kappa shape index (κ2) is 6.95. The van der Waals surface area contributed by atoms with Gasteiger partial charge in [0.2, 0.25) is 0 Å². The van der Waals surface area contributed by atoms with Crippen molar-refractivity contribution in [2.24, 2.45) is 5.92 Å². The summed E-state index contributed by atoms with van der Waals surface area (Å²) in [5.41, 5.74) is 1.21. The number of rotatable bonds is 5. The summed E-state index contributed by atoms with van der Waals surface area (Å²) in [6, 6.07) is 6.01. The highest BCUT2D eigenvalue weighted by Crippen LogP contribution is 2.26. The number of nitrogens with zero attached hydrogens (tertiary/aromatic N) is 1. The number of likely N-dealkylation sites (tertiary alicyclic amines) is 1. The lowest BCUT2D eigenvalue weighted by Crippen LogP contribution is -2.36. The van der Waals surface area contributed by atoms with E-state index in [9.17, 15) is 5.11 Å². The molecule has 112 valence electrons. The average Bonchev–Trinajstić information content (AvgIpc) is 2.47. The number of aliphatic hydroxyl groups is 1. The minimum absolute atomic E-state index is 0.186. The first-order valence-electron chi connectivity index (χ1n) is 7.24. The van der Waals surface area contributed by atoms with Gasteiger partial charge >= 0.3 is 0 Å². The second-order valence-corrected chi connectivity index (χ2v) is 5.58. The Hall–Kier alpha value is -1.26. The zero-order chi connectivity index (χ0) is 14.5. The van der Waals surface area contributed by atoms with Crippen LogP contribution in [0.15, 0.2) is 18.2 Å². The Bertz CT molecular complexity index is 403. The van der Waals surface area contributed by atoms with E-state index < -0.39 is 0 Å². The van der Waals surface area contributed by atoms with Crippen LogP contribution in [0.5, 0.6) is 11.5 Å². The number of ether oxygens (including phenoxy) is 2. The minimum atomic E-state index is -0.186. The van der Waals surface area contributed by atoms with Crippen LogP contribution in [0.4, 0.5) is 0 Å². The van der Waals surface area contributed by atoms with Crippen LogP contribution in [0, 0.1) is 5.92 Å². The van der Waals surface area contributed by atoms with Gasteiger partial charge in [-0.1, -0.05) is 0 Å². The molecule has 1 aliphatic rings. The topological polar surface area (TPSA) is 41.9 Å². The summed E-state index contributed by atoms with van der Waals surface area (Å²) < 4.78 is 10.6. The van der Waals surface area contributed by atoms with Gasteiger partial charge in [-0.2, -0.15) is 0 Å². The number of methoxy groups -OCH3 is 2. The zero-order valence-corrected chi connectivity index (χ0v) is 12.6. The van der Waals surface area contributed by atoms with E-state index in [0.717, 1.165) is 44.0 Å². The summed E-state index contributed by atoms with van der Waals surface area (Å²) in [4.78, 5) is 2.42. The predicted octanol–water partition coefficient (Wildman–Crippen LogP) is 2.30. The molecule has 1 aromatic rings. The van der Waals surface area contributed by atoms with E-state index in [0.29, 0.717) is 5.92 Å². The molecule has 0 unspecified atom stereocenters. The zero-order valence-electron chi connectivity index (χ0n) is 12.6. The molecule has 1 aromatic carbocycles. The lowest BCUT2D eigenvalue weighted by molar-refractivity contribution is 0.0695. The van der Waals surface area contributed by atoms with Crippen molar-refractivity contribution in [1.82, 2.24) is 4.90 Å². The number of piperidine rings is 1.